The second-order valence-corrected chi connectivity index (χ2v) is 8.86. The van der Waals surface area contributed by atoms with Crippen molar-refractivity contribution in [3.63, 3.8) is 0 Å². The van der Waals surface area contributed by atoms with Crippen molar-refractivity contribution in [3.05, 3.63) is 17.0 Å². The predicted octanol–water partition coefficient (Wildman–Crippen LogP) is 2.11. The van der Waals surface area contributed by atoms with E-state index in [0.717, 1.165) is 29.2 Å². The van der Waals surface area contributed by atoms with E-state index < -0.39 is 10.0 Å². The molecule has 0 spiro atoms. The monoisotopic (exact) mass is 321 g/mol. The van der Waals surface area contributed by atoms with Crippen molar-refractivity contribution >= 4 is 33.1 Å². The number of nitrogens with one attached hydrogen (secondary N) is 1. The minimum Gasteiger partial charge on any atom is -0.376 e. The minimum atomic E-state index is -3.41. The lowest BCUT2D eigenvalue weighted by atomic mass is 10.0. The first-order chi connectivity index (χ1) is 9.01. The van der Waals surface area contributed by atoms with Crippen molar-refractivity contribution in [2.75, 3.05) is 25.2 Å². The zero-order valence-electron chi connectivity index (χ0n) is 11.1. The maximum atomic E-state index is 12.2. The van der Waals surface area contributed by atoms with Gasteiger partial charge in [0.05, 0.1) is 5.60 Å². The zero-order valence-corrected chi connectivity index (χ0v) is 13.6. The van der Waals surface area contributed by atoms with Crippen LogP contribution in [0.5, 0.6) is 0 Å². The highest BCUT2D eigenvalue weighted by molar-refractivity contribution is 7.99. The number of thioether (sulfide) groups is 1. The van der Waals surface area contributed by atoms with Crippen molar-refractivity contribution in [1.29, 1.82) is 0 Å². The average molecular weight is 321 g/mol. The molecular weight excluding hydrogens is 302 g/mol. The van der Waals surface area contributed by atoms with Crippen LogP contribution in [0, 0.1) is 0 Å². The molecule has 2 rings (SSSR count). The molecule has 1 unspecified atom stereocenters. The van der Waals surface area contributed by atoms with Crippen molar-refractivity contribution in [1.82, 2.24) is 4.72 Å². The lowest BCUT2D eigenvalue weighted by Gasteiger charge is -2.26. The topological polar surface area (TPSA) is 55.4 Å². The molecule has 19 heavy (non-hydrogen) atoms. The third kappa shape index (κ3) is 3.52. The summed E-state index contributed by atoms with van der Waals surface area (Å²) in [5.41, 5.74) is -0.345. The summed E-state index contributed by atoms with van der Waals surface area (Å²) in [4.78, 5) is 1.08. The van der Waals surface area contributed by atoms with Crippen LogP contribution in [0.3, 0.4) is 0 Å². The first kappa shape index (κ1) is 15.3. The Morgan fingerprint density at radius 1 is 1.47 bits per heavy atom. The van der Waals surface area contributed by atoms with Crippen LogP contribution < -0.4 is 4.72 Å². The normalized spacial score (nSPS) is 23.9. The number of rotatable bonds is 6. The van der Waals surface area contributed by atoms with E-state index in [1.54, 1.807) is 24.9 Å². The molecule has 0 amide bonds. The van der Waals surface area contributed by atoms with Gasteiger partial charge in [0.25, 0.3) is 0 Å². The van der Waals surface area contributed by atoms with Gasteiger partial charge in [0, 0.05) is 24.3 Å². The number of hydrogen-bond acceptors (Lipinski definition) is 5. The Balaban J connectivity index is 2.05. The molecule has 1 N–H and O–H groups in total. The lowest BCUT2D eigenvalue weighted by molar-refractivity contribution is 0.0179. The summed E-state index contributed by atoms with van der Waals surface area (Å²) in [7, 11) is -1.75. The highest BCUT2D eigenvalue weighted by atomic mass is 32.2. The first-order valence-corrected chi connectivity index (χ1v) is 9.68. The fourth-order valence-electron chi connectivity index (χ4n) is 1.95. The summed E-state index contributed by atoms with van der Waals surface area (Å²) in [5, 5.41) is 0. The Kier molecular flexibility index (Phi) is 4.94. The molecule has 0 saturated carbocycles. The first-order valence-electron chi connectivity index (χ1n) is 6.23. The summed E-state index contributed by atoms with van der Waals surface area (Å²) in [6.45, 7) is 2.36. The SMILES string of the molecule is CCc1ccc(S(=O)(=O)NCC2(OC)CCSC2)s1. The van der Waals surface area contributed by atoms with Gasteiger partial charge in [0.15, 0.2) is 0 Å². The summed E-state index contributed by atoms with van der Waals surface area (Å²) >= 11 is 3.13. The van der Waals surface area contributed by atoms with Crippen LogP contribution in [0.15, 0.2) is 16.3 Å². The summed E-state index contributed by atoms with van der Waals surface area (Å²) in [6.07, 6.45) is 1.75. The smallest absolute Gasteiger partial charge is 0.250 e. The number of ether oxygens (including phenoxy) is 1. The third-order valence-electron chi connectivity index (χ3n) is 3.33. The van der Waals surface area contributed by atoms with E-state index in [1.807, 2.05) is 13.0 Å². The van der Waals surface area contributed by atoms with Gasteiger partial charge in [-0.1, -0.05) is 6.92 Å². The van der Waals surface area contributed by atoms with Crippen LogP contribution in [0.25, 0.3) is 0 Å². The molecule has 0 radical (unpaired) electrons. The van der Waals surface area contributed by atoms with E-state index in [9.17, 15) is 8.42 Å². The number of thiophene rings is 1. The van der Waals surface area contributed by atoms with Crippen molar-refractivity contribution < 1.29 is 13.2 Å². The summed E-state index contributed by atoms with van der Waals surface area (Å²) in [6, 6.07) is 3.55. The van der Waals surface area contributed by atoms with E-state index in [0.29, 0.717) is 10.8 Å². The van der Waals surface area contributed by atoms with E-state index in [-0.39, 0.29) is 5.60 Å². The number of methoxy groups -OCH3 is 1. The van der Waals surface area contributed by atoms with E-state index in [4.69, 9.17) is 4.74 Å². The molecule has 108 valence electrons. The Morgan fingerprint density at radius 3 is 2.79 bits per heavy atom. The standard InChI is InChI=1S/C12H19NO3S3/c1-3-10-4-5-11(18-10)19(14,15)13-8-12(16-2)6-7-17-9-12/h4-5,13H,3,6-9H2,1-2H3. The van der Waals surface area contributed by atoms with Gasteiger partial charge in [0.1, 0.15) is 4.21 Å². The molecule has 1 aromatic rings. The van der Waals surface area contributed by atoms with Crippen LogP contribution >= 0.6 is 23.1 Å². The summed E-state index contributed by atoms with van der Waals surface area (Å²) in [5.74, 6) is 1.87. The molecular formula is C12H19NO3S3. The molecule has 0 aromatic carbocycles. The molecule has 0 bridgehead atoms. The summed E-state index contributed by atoms with van der Waals surface area (Å²) < 4.78 is 33.0. The van der Waals surface area contributed by atoms with Crippen LogP contribution in [0.1, 0.15) is 18.2 Å². The Bertz CT molecular complexity index is 518. The number of sulfonamides is 1. The van der Waals surface area contributed by atoms with Crippen LogP contribution in [0.2, 0.25) is 0 Å². The Hall–Kier alpha value is -0.0800. The molecule has 1 aliphatic heterocycles. The van der Waals surface area contributed by atoms with Gasteiger partial charge in [-0.15, -0.1) is 11.3 Å². The second kappa shape index (κ2) is 6.13. The zero-order chi connectivity index (χ0) is 13.9. The Labute approximate surface area is 123 Å². The quantitative estimate of drug-likeness (QED) is 0.872. The van der Waals surface area contributed by atoms with Crippen molar-refractivity contribution in [2.24, 2.45) is 0 Å². The molecule has 2 heterocycles. The molecule has 1 aromatic heterocycles. The number of aryl methyl sites for hydroxylation is 1. The molecule has 0 aliphatic carbocycles. The molecule has 7 heteroatoms. The van der Waals surface area contributed by atoms with Gasteiger partial charge >= 0.3 is 0 Å². The van der Waals surface area contributed by atoms with E-state index in [2.05, 4.69) is 4.72 Å². The van der Waals surface area contributed by atoms with Gasteiger partial charge in [-0.05, 0) is 30.7 Å². The maximum absolute atomic E-state index is 12.2. The van der Waals surface area contributed by atoms with Gasteiger partial charge < -0.3 is 4.74 Å². The Morgan fingerprint density at radius 2 is 2.26 bits per heavy atom. The number of hydrogen-bond donors (Lipinski definition) is 1. The highest BCUT2D eigenvalue weighted by Crippen LogP contribution is 2.31. The van der Waals surface area contributed by atoms with Gasteiger partial charge in [0.2, 0.25) is 10.0 Å². The van der Waals surface area contributed by atoms with Crippen LogP contribution in [0.4, 0.5) is 0 Å². The van der Waals surface area contributed by atoms with E-state index in [1.165, 1.54) is 11.3 Å². The van der Waals surface area contributed by atoms with Gasteiger partial charge in [-0.3, -0.25) is 0 Å². The van der Waals surface area contributed by atoms with Crippen LogP contribution in [-0.4, -0.2) is 39.2 Å². The third-order valence-corrected chi connectivity index (χ3v) is 7.68. The fourth-order valence-corrected chi connectivity index (χ4v) is 5.80. The lowest BCUT2D eigenvalue weighted by Crippen LogP contribution is -2.44. The molecule has 1 saturated heterocycles. The van der Waals surface area contributed by atoms with Crippen molar-refractivity contribution in [2.45, 2.75) is 29.6 Å². The van der Waals surface area contributed by atoms with Crippen molar-refractivity contribution in [3.8, 4) is 0 Å². The average Bonchev–Trinajstić information content (AvgIpc) is 3.06. The van der Waals surface area contributed by atoms with E-state index >= 15 is 0 Å². The maximum Gasteiger partial charge on any atom is 0.250 e. The minimum absolute atomic E-state index is 0.345. The molecule has 1 atom stereocenters. The molecule has 1 fully saturated rings. The highest BCUT2D eigenvalue weighted by Gasteiger charge is 2.35. The predicted molar refractivity (Wildman–Crippen MR) is 80.6 cm³/mol. The fraction of sp³-hybridized carbons (Fsp3) is 0.667. The largest absolute Gasteiger partial charge is 0.376 e. The molecule has 4 nitrogen and oxygen atoms in total. The van der Waals surface area contributed by atoms with Gasteiger partial charge in [-0.2, -0.15) is 11.8 Å². The molecule has 1 aliphatic rings. The second-order valence-electron chi connectivity index (χ2n) is 4.59. The van der Waals surface area contributed by atoms with Gasteiger partial charge in [-0.25, -0.2) is 13.1 Å². The van der Waals surface area contributed by atoms with Crippen LogP contribution in [-0.2, 0) is 21.2 Å².